The first kappa shape index (κ1) is 11.0. The van der Waals surface area contributed by atoms with Crippen LogP contribution in [0.4, 0.5) is 0 Å². The van der Waals surface area contributed by atoms with Gasteiger partial charge >= 0.3 is 0 Å². The van der Waals surface area contributed by atoms with Gasteiger partial charge in [0.05, 0.1) is 12.6 Å². The molecule has 2 unspecified atom stereocenters. The largest absolute Gasteiger partial charge is 0.356 e. The fraction of sp³-hybridized carbons (Fsp3) is 0.600. The highest BCUT2D eigenvalue weighted by Gasteiger charge is 2.18. The van der Waals surface area contributed by atoms with Gasteiger partial charge in [0.1, 0.15) is 5.01 Å². The first-order valence-electron chi connectivity index (χ1n) is 5.05. The van der Waals surface area contributed by atoms with Crippen LogP contribution in [0.3, 0.4) is 0 Å². The first-order valence-corrected chi connectivity index (χ1v) is 6.74. The van der Waals surface area contributed by atoms with Crippen LogP contribution in [0, 0.1) is 6.92 Å². The summed E-state index contributed by atoms with van der Waals surface area (Å²) in [5, 5.41) is 6.20. The number of rotatable bonds is 2. The van der Waals surface area contributed by atoms with Gasteiger partial charge < -0.3 is 5.32 Å². The van der Waals surface area contributed by atoms with Gasteiger partial charge in [-0.05, 0) is 13.8 Å². The Morgan fingerprint density at radius 1 is 1.60 bits per heavy atom. The highest BCUT2D eigenvalue weighted by molar-refractivity contribution is 8.14. The molecule has 1 aromatic heterocycles. The lowest BCUT2D eigenvalue weighted by atomic mass is 10.4. The van der Waals surface area contributed by atoms with Crippen LogP contribution in [0.2, 0.25) is 0 Å². The number of hydrogen-bond donors (Lipinski definition) is 1. The Hall–Kier alpha value is -0.550. The molecule has 0 saturated carbocycles. The minimum absolute atomic E-state index is 0.264. The topological polar surface area (TPSA) is 37.3 Å². The maximum absolute atomic E-state index is 4.43. The lowest BCUT2D eigenvalue weighted by Gasteiger charge is -2.11. The van der Waals surface area contributed by atoms with Gasteiger partial charge in [-0.15, -0.1) is 11.3 Å². The summed E-state index contributed by atoms with van der Waals surface area (Å²) in [4.78, 5) is 10.1. The summed E-state index contributed by atoms with van der Waals surface area (Å²) in [5.41, 5.74) is 0. The Morgan fingerprint density at radius 3 is 2.93 bits per heavy atom. The molecule has 2 atom stereocenters. The number of hydrogen-bond acceptors (Lipinski definition) is 5. The van der Waals surface area contributed by atoms with E-state index in [1.54, 1.807) is 11.3 Å². The van der Waals surface area contributed by atoms with Gasteiger partial charge in [0.15, 0.2) is 5.17 Å². The van der Waals surface area contributed by atoms with E-state index in [1.165, 1.54) is 4.88 Å². The van der Waals surface area contributed by atoms with Crippen molar-refractivity contribution >= 4 is 28.3 Å². The summed E-state index contributed by atoms with van der Waals surface area (Å²) < 4.78 is 0. The van der Waals surface area contributed by atoms with Crippen molar-refractivity contribution in [2.24, 2.45) is 4.99 Å². The second-order valence-electron chi connectivity index (χ2n) is 3.75. The molecule has 3 nitrogen and oxygen atoms in total. The van der Waals surface area contributed by atoms with Gasteiger partial charge in [-0.25, -0.2) is 4.98 Å². The molecule has 0 amide bonds. The Bertz CT molecular complexity index is 372. The predicted molar refractivity (Wildman–Crippen MR) is 67.8 cm³/mol. The molecule has 1 aliphatic heterocycles. The zero-order valence-corrected chi connectivity index (χ0v) is 10.8. The molecule has 2 heterocycles. The van der Waals surface area contributed by atoms with Crippen molar-refractivity contribution < 1.29 is 0 Å². The monoisotopic (exact) mass is 241 g/mol. The predicted octanol–water partition coefficient (Wildman–Crippen LogP) is 2.59. The molecule has 1 aliphatic rings. The van der Waals surface area contributed by atoms with E-state index in [0.29, 0.717) is 5.25 Å². The number of aromatic nitrogens is 1. The number of thioether (sulfide) groups is 1. The maximum Gasteiger partial charge on any atom is 0.157 e. The first-order chi connectivity index (χ1) is 7.15. The summed E-state index contributed by atoms with van der Waals surface area (Å²) in [5.74, 6) is 0. The molecular weight excluding hydrogens is 226 g/mol. The molecule has 1 aromatic rings. The minimum Gasteiger partial charge on any atom is -0.356 e. The van der Waals surface area contributed by atoms with Gasteiger partial charge in [0, 0.05) is 16.3 Å². The van der Waals surface area contributed by atoms with Crippen LogP contribution in [0.1, 0.15) is 29.8 Å². The number of nitrogens with one attached hydrogen (secondary N) is 1. The summed E-state index contributed by atoms with van der Waals surface area (Å²) >= 11 is 3.55. The summed E-state index contributed by atoms with van der Waals surface area (Å²) in [7, 11) is 0. The molecule has 2 rings (SSSR count). The average Bonchev–Trinajstić information content (AvgIpc) is 2.75. The standard InChI is InChI=1S/C10H15N3S2/c1-6-4-11-9(14-6)8(3)13-10-12-5-7(2)15-10/h4,7-8H,5H2,1-3H3,(H,12,13). The molecule has 82 valence electrons. The fourth-order valence-electron chi connectivity index (χ4n) is 1.38. The third-order valence-corrected chi connectivity index (χ3v) is 4.27. The number of aliphatic imine (C=N–C) groups is 1. The van der Waals surface area contributed by atoms with Crippen LogP contribution in [0.25, 0.3) is 0 Å². The van der Waals surface area contributed by atoms with Gasteiger partial charge in [-0.3, -0.25) is 4.99 Å². The van der Waals surface area contributed by atoms with Crippen LogP contribution < -0.4 is 5.32 Å². The van der Waals surface area contributed by atoms with Crippen LogP contribution in [-0.4, -0.2) is 21.9 Å². The van der Waals surface area contributed by atoms with E-state index in [2.05, 4.69) is 36.1 Å². The summed E-state index contributed by atoms with van der Waals surface area (Å²) in [6.45, 7) is 7.33. The molecule has 0 saturated heterocycles. The van der Waals surface area contributed by atoms with E-state index in [4.69, 9.17) is 0 Å². The molecule has 5 heteroatoms. The molecule has 0 fully saturated rings. The highest BCUT2D eigenvalue weighted by Crippen LogP contribution is 2.23. The molecule has 1 N–H and O–H groups in total. The Labute approximate surface area is 98.4 Å². The van der Waals surface area contributed by atoms with Crippen molar-refractivity contribution in [1.82, 2.24) is 10.3 Å². The van der Waals surface area contributed by atoms with Crippen molar-refractivity contribution in [2.45, 2.75) is 32.1 Å². The molecule has 0 radical (unpaired) electrons. The Kier molecular flexibility index (Phi) is 3.31. The Balaban J connectivity index is 1.95. The number of aryl methyl sites for hydroxylation is 1. The lowest BCUT2D eigenvalue weighted by molar-refractivity contribution is 0.716. The van der Waals surface area contributed by atoms with E-state index in [-0.39, 0.29) is 6.04 Å². The van der Waals surface area contributed by atoms with Crippen molar-refractivity contribution in [1.29, 1.82) is 0 Å². The third-order valence-electron chi connectivity index (χ3n) is 2.15. The second-order valence-corrected chi connectivity index (χ2v) is 6.44. The van der Waals surface area contributed by atoms with Crippen LogP contribution in [0.5, 0.6) is 0 Å². The molecule has 0 bridgehead atoms. The number of nitrogens with zero attached hydrogens (tertiary/aromatic N) is 2. The van der Waals surface area contributed by atoms with E-state index in [1.807, 2.05) is 18.0 Å². The SMILES string of the molecule is Cc1cnc(C(C)NC2=NCC(C)S2)s1. The van der Waals surface area contributed by atoms with Crippen molar-refractivity contribution in [2.75, 3.05) is 6.54 Å². The van der Waals surface area contributed by atoms with Crippen LogP contribution in [0.15, 0.2) is 11.2 Å². The molecular formula is C10H15N3S2. The lowest BCUT2D eigenvalue weighted by Crippen LogP contribution is -2.23. The normalized spacial score (nSPS) is 22.6. The van der Waals surface area contributed by atoms with Gasteiger partial charge in [0.2, 0.25) is 0 Å². The molecule has 0 aromatic carbocycles. The van der Waals surface area contributed by atoms with Crippen LogP contribution in [-0.2, 0) is 0 Å². The zero-order chi connectivity index (χ0) is 10.8. The number of thiazole rings is 1. The third kappa shape index (κ3) is 2.72. The van der Waals surface area contributed by atoms with Crippen molar-refractivity contribution in [3.8, 4) is 0 Å². The van der Waals surface area contributed by atoms with E-state index >= 15 is 0 Å². The summed E-state index contributed by atoms with van der Waals surface area (Å²) in [6.07, 6.45) is 1.92. The quantitative estimate of drug-likeness (QED) is 0.864. The van der Waals surface area contributed by atoms with Gasteiger partial charge in [-0.1, -0.05) is 18.7 Å². The van der Waals surface area contributed by atoms with E-state index < -0.39 is 0 Å². The van der Waals surface area contributed by atoms with Crippen LogP contribution >= 0.6 is 23.1 Å². The van der Waals surface area contributed by atoms with E-state index in [9.17, 15) is 0 Å². The molecule has 0 spiro atoms. The minimum atomic E-state index is 0.264. The maximum atomic E-state index is 4.43. The highest BCUT2D eigenvalue weighted by atomic mass is 32.2. The van der Waals surface area contributed by atoms with E-state index in [0.717, 1.165) is 16.7 Å². The van der Waals surface area contributed by atoms with Gasteiger partial charge in [-0.2, -0.15) is 0 Å². The molecule has 15 heavy (non-hydrogen) atoms. The summed E-state index contributed by atoms with van der Waals surface area (Å²) in [6, 6.07) is 0.264. The van der Waals surface area contributed by atoms with Gasteiger partial charge in [0.25, 0.3) is 0 Å². The van der Waals surface area contributed by atoms with Crippen molar-refractivity contribution in [3.05, 3.63) is 16.1 Å². The molecule has 0 aliphatic carbocycles. The number of amidine groups is 1. The smallest absolute Gasteiger partial charge is 0.157 e. The fourth-order valence-corrected chi connectivity index (χ4v) is 3.08. The Morgan fingerprint density at radius 2 is 2.40 bits per heavy atom. The van der Waals surface area contributed by atoms with Crippen molar-refractivity contribution in [3.63, 3.8) is 0 Å². The average molecular weight is 241 g/mol. The second kappa shape index (κ2) is 4.53. The zero-order valence-electron chi connectivity index (χ0n) is 9.15.